The van der Waals surface area contributed by atoms with Crippen molar-refractivity contribution in [1.82, 2.24) is 0 Å². The fraction of sp³-hybridized carbons (Fsp3) is 0.620. The molecule has 0 aromatic carbocycles. The van der Waals surface area contributed by atoms with Gasteiger partial charge in [0.05, 0.1) is 0 Å². The lowest BCUT2D eigenvalue weighted by atomic mass is 10.1. The van der Waals surface area contributed by atoms with E-state index in [-0.39, 0.29) is 44.0 Å². The normalized spacial score (nSPS) is 13.1. The largest absolute Gasteiger partial charge is 0.462 e. The van der Waals surface area contributed by atoms with Crippen LogP contribution in [0.15, 0.2) is 146 Å². The maximum Gasteiger partial charge on any atom is 0.306 e. The molecule has 0 radical (unpaired) electrons. The molecule has 0 rings (SSSR count). The van der Waals surface area contributed by atoms with E-state index in [9.17, 15) is 14.4 Å². The summed E-state index contributed by atoms with van der Waals surface area (Å²) in [6.45, 7) is 6.35. The predicted molar refractivity (Wildman–Crippen MR) is 334 cm³/mol. The van der Waals surface area contributed by atoms with Crippen LogP contribution in [0.4, 0.5) is 0 Å². The van der Waals surface area contributed by atoms with Gasteiger partial charge >= 0.3 is 17.9 Å². The lowest BCUT2D eigenvalue weighted by molar-refractivity contribution is -0.167. The van der Waals surface area contributed by atoms with Crippen LogP contribution in [0.1, 0.15) is 265 Å². The zero-order valence-electron chi connectivity index (χ0n) is 49.7. The van der Waals surface area contributed by atoms with Gasteiger partial charge in [-0.25, -0.2) is 0 Å². The Morgan fingerprint density at radius 1 is 0.273 bits per heavy atom. The van der Waals surface area contributed by atoms with Gasteiger partial charge in [-0.2, -0.15) is 0 Å². The van der Waals surface area contributed by atoms with Gasteiger partial charge in [-0.1, -0.05) is 250 Å². The molecule has 0 aromatic heterocycles. The number of hydrogen-bond acceptors (Lipinski definition) is 6. The van der Waals surface area contributed by atoms with E-state index in [0.717, 1.165) is 122 Å². The van der Waals surface area contributed by atoms with Crippen molar-refractivity contribution in [3.63, 3.8) is 0 Å². The Balaban J connectivity index is 4.55. The highest BCUT2D eigenvalue weighted by Crippen LogP contribution is 2.14. The molecule has 0 fully saturated rings. The van der Waals surface area contributed by atoms with E-state index in [4.69, 9.17) is 14.2 Å². The Morgan fingerprint density at radius 2 is 0.506 bits per heavy atom. The van der Waals surface area contributed by atoms with Gasteiger partial charge in [-0.05, 0) is 141 Å². The molecule has 0 saturated heterocycles. The Kier molecular flexibility index (Phi) is 59.9. The highest BCUT2D eigenvalue weighted by atomic mass is 16.6. The number of hydrogen-bond donors (Lipinski definition) is 0. The first-order valence-corrected chi connectivity index (χ1v) is 31.3. The summed E-state index contributed by atoms with van der Waals surface area (Å²) < 4.78 is 16.9. The Bertz CT molecular complexity index is 1700. The number of esters is 3. The lowest BCUT2D eigenvalue weighted by Crippen LogP contribution is -2.30. The highest BCUT2D eigenvalue weighted by Gasteiger charge is 2.19. The van der Waals surface area contributed by atoms with E-state index in [1.165, 1.54) is 89.9 Å². The van der Waals surface area contributed by atoms with Crippen molar-refractivity contribution in [1.29, 1.82) is 0 Å². The lowest BCUT2D eigenvalue weighted by Gasteiger charge is -2.18. The average Bonchev–Trinajstić information content (AvgIpc) is 3.43. The molecular weight excluding hydrogens is 949 g/mol. The number of unbranched alkanes of at least 4 members (excludes halogenated alkanes) is 20. The van der Waals surface area contributed by atoms with Gasteiger partial charge in [0.1, 0.15) is 13.2 Å². The minimum atomic E-state index is -0.822. The number of ether oxygens (including phenoxy) is 3. The maximum absolute atomic E-state index is 12.9. The fourth-order valence-electron chi connectivity index (χ4n) is 8.17. The van der Waals surface area contributed by atoms with Crippen LogP contribution in [0.2, 0.25) is 0 Å². The van der Waals surface area contributed by atoms with E-state index in [1.54, 1.807) is 0 Å². The molecule has 434 valence electrons. The number of rotatable bonds is 55. The summed E-state index contributed by atoms with van der Waals surface area (Å²) in [5, 5.41) is 0. The molecule has 0 N–H and O–H groups in total. The molecule has 0 heterocycles. The molecule has 0 saturated carbocycles. The Morgan fingerprint density at radius 3 is 0.844 bits per heavy atom. The first-order valence-electron chi connectivity index (χ1n) is 31.3. The van der Waals surface area contributed by atoms with Crippen LogP contribution in [0, 0.1) is 0 Å². The molecule has 1 unspecified atom stereocenters. The molecule has 0 bridgehead atoms. The summed E-state index contributed by atoms with van der Waals surface area (Å²) in [5.74, 6) is -0.992. The molecule has 0 amide bonds. The van der Waals surface area contributed by atoms with Crippen LogP contribution in [0.3, 0.4) is 0 Å². The third kappa shape index (κ3) is 62.0. The van der Waals surface area contributed by atoms with Crippen molar-refractivity contribution < 1.29 is 28.6 Å². The minimum absolute atomic E-state index is 0.112. The molecular formula is C71H114O6. The van der Waals surface area contributed by atoms with Crippen molar-refractivity contribution in [3.8, 4) is 0 Å². The Labute approximate surface area is 474 Å². The summed E-state index contributed by atoms with van der Waals surface area (Å²) in [6.07, 6.45) is 91.3. The quantitative estimate of drug-likeness (QED) is 0.0261. The van der Waals surface area contributed by atoms with Crippen LogP contribution in [0.25, 0.3) is 0 Å². The summed E-state index contributed by atoms with van der Waals surface area (Å²) in [7, 11) is 0. The SMILES string of the molecule is CC/C=C\C/C=C\C/C=C\C/C=C\C/C=C\C/C=C\CCCCC(=O)OCC(COC(=O)CCCCCCCCCCC/C=C\CCCCCCCC)OC(=O)CCCCC/C=C\C/C=C\C/C=C\C/C=C\C/C=C\CC. The van der Waals surface area contributed by atoms with Crippen LogP contribution < -0.4 is 0 Å². The van der Waals surface area contributed by atoms with Crippen molar-refractivity contribution in [3.05, 3.63) is 146 Å². The average molecular weight is 1060 g/mol. The summed E-state index contributed by atoms with van der Waals surface area (Å²) in [5.41, 5.74) is 0. The molecule has 0 aliphatic heterocycles. The molecule has 6 heteroatoms. The number of carbonyl (C=O) groups is 3. The van der Waals surface area contributed by atoms with Crippen molar-refractivity contribution >= 4 is 17.9 Å². The monoisotopic (exact) mass is 1060 g/mol. The van der Waals surface area contributed by atoms with E-state index in [0.29, 0.717) is 19.3 Å². The van der Waals surface area contributed by atoms with Gasteiger partial charge in [0.15, 0.2) is 6.10 Å². The van der Waals surface area contributed by atoms with Gasteiger partial charge in [-0.3, -0.25) is 14.4 Å². The van der Waals surface area contributed by atoms with E-state index in [2.05, 4.69) is 167 Å². The number of carbonyl (C=O) groups excluding carboxylic acids is 3. The highest BCUT2D eigenvalue weighted by molar-refractivity contribution is 5.71. The Hall–Kier alpha value is -4.71. The van der Waals surface area contributed by atoms with Crippen LogP contribution in [-0.4, -0.2) is 37.2 Å². The molecule has 77 heavy (non-hydrogen) atoms. The second kappa shape index (κ2) is 63.8. The van der Waals surface area contributed by atoms with Crippen LogP contribution >= 0.6 is 0 Å². The third-order valence-corrected chi connectivity index (χ3v) is 12.8. The first kappa shape index (κ1) is 72.3. The van der Waals surface area contributed by atoms with Gasteiger partial charge in [0.2, 0.25) is 0 Å². The van der Waals surface area contributed by atoms with Crippen LogP contribution in [0.5, 0.6) is 0 Å². The first-order chi connectivity index (χ1) is 38.0. The summed E-state index contributed by atoms with van der Waals surface area (Å²) >= 11 is 0. The minimum Gasteiger partial charge on any atom is -0.462 e. The van der Waals surface area contributed by atoms with E-state index < -0.39 is 6.10 Å². The second-order valence-electron chi connectivity index (χ2n) is 20.2. The summed E-state index contributed by atoms with van der Waals surface area (Å²) in [4.78, 5) is 38.3. The molecule has 0 aromatic rings. The van der Waals surface area contributed by atoms with Crippen LogP contribution in [-0.2, 0) is 28.6 Å². The van der Waals surface area contributed by atoms with Gasteiger partial charge < -0.3 is 14.2 Å². The van der Waals surface area contributed by atoms with E-state index >= 15 is 0 Å². The zero-order chi connectivity index (χ0) is 55.7. The molecule has 1 atom stereocenters. The zero-order valence-corrected chi connectivity index (χ0v) is 49.7. The van der Waals surface area contributed by atoms with Gasteiger partial charge in [0, 0.05) is 19.3 Å². The second-order valence-corrected chi connectivity index (χ2v) is 20.2. The smallest absolute Gasteiger partial charge is 0.306 e. The molecule has 6 nitrogen and oxygen atoms in total. The van der Waals surface area contributed by atoms with E-state index in [1.807, 2.05) is 0 Å². The van der Waals surface area contributed by atoms with Crippen molar-refractivity contribution in [2.45, 2.75) is 271 Å². The topological polar surface area (TPSA) is 78.9 Å². The van der Waals surface area contributed by atoms with Gasteiger partial charge in [-0.15, -0.1) is 0 Å². The third-order valence-electron chi connectivity index (χ3n) is 12.8. The van der Waals surface area contributed by atoms with Gasteiger partial charge in [0.25, 0.3) is 0 Å². The molecule has 0 aliphatic carbocycles. The van der Waals surface area contributed by atoms with Crippen molar-refractivity contribution in [2.75, 3.05) is 13.2 Å². The summed E-state index contributed by atoms with van der Waals surface area (Å²) in [6, 6.07) is 0. The molecule has 0 spiro atoms. The fourth-order valence-corrected chi connectivity index (χ4v) is 8.17. The van der Waals surface area contributed by atoms with Crippen molar-refractivity contribution in [2.24, 2.45) is 0 Å². The maximum atomic E-state index is 12.9. The molecule has 0 aliphatic rings. The standard InChI is InChI=1S/C71H114O6/c1-4-7-10-13-16-19-22-25-28-31-34-35-38-40-43-46-49-52-55-58-61-64-70(73)76-67-68(77-71(74)65-62-59-56-53-50-47-44-41-37-33-30-27-24-21-18-15-12-9-6-3)66-75-69(72)63-60-57-54-51-48-45-42-39-36-32-29-26-23-20-17-14-11-8-5-2/h7,9-10,12,16,18-19,21,25-30,34-35,37,40-41,43,47,49-50,52,68H,4-6,8,11,13-15,17,20,22-24,31-33,36,38-39,42,44-46,48,51,53-67H2,1-3H3/b10-7-,12-9-,19-16-,21-18-,28-25-,29-26-,30-27-,35-34-,41-37-,43-40-,50-47-,52-49-. The number of allylic oxidation sites excluding steroid dienone is 24. The predicted octanol–water partition coefficient (Wildman–Crippen LogP) is 21.5.